The zero-order chi connectivity index (χ0) is 25.9. The van der Waals surface area contributed by atoms with Gasteiger partial charge in [0.05, 0.1) is 13.2 Å². The Bertz CT molecular complexity index is 599. The molecular formula is C17H28O16. The first-order valence-corrected chi connectivity index (χ1v) is 9.43. The Balaban J connectivity index is 4.47. The third-order valence-electron chi connectivity index (χ3n) is 4.18. The highest BCUT2D eigenvalue weighted by molar-refractivity contribution is 5.89. The second kappa shape index (κ2) is 14.9. The molecule has 0 rings (SSSR count). The van der Waals surface area contributed by atoms with Crippen LogP contribution in [0.2, 0.25) is 0 Å². The van der Waals surface area contributed by atoms with E-state index in [1.54, 1.807) is 0 Å². The Labute approximate surface area is 185 Å². The highest BCUT2D eigenvalue weighted by Crippen LogP contribution is 2.10. The highest BCUT2D eigenvalue weighted by Gasteiger charge is 2.37. The molecule has 0 saturated heterocycles. The Hall–Kier alpha value is -2.12. The molecule has 0 saturated carbocycles. The molecular weight excluding hydrogens is 460 g/mol. The molecule has 0 amide bonds. The first-order valence-electron chi connectivity index (χ1n) is 9.43. The third kappa shape index (κ3) is 10.1. The Morgan fingerprint density at radius 3 is 1.12 bits per heavy atom. The van der Waals surface area contributed by atoms with Crippen LogP contribution in [0.3, 0.4) is 0 Å². The first kappa shape index (κ1) is 30.9. The van der Waals surface area contributed by atoms with E-state index in [9.17, 15) is 49.8 Å². The van der Waals surface area contributed by atoms with Crippen LogP contribution in [0.25, 0.3) is 0 Å². The van der Waals surface area contributed by atoms with Crippen molar-refractivity contribution in [2.24, 2.45) is 0 Å². The van der Waals surface area contributed by atoms with Crippen LogP contribution < -0.4 is 0 Å². The van der Waals surface area contributed by atoms with Gasteiger partial charge in [-0.1, -0.05) is 0 Å². The summed E-state index contributed by atoms with van der Waals surface area (Å²) in [5.74, 6) is -5.98. The van der Waals surface area contributed by atoms with E-state index >= 15 is 0 Å². The van der Waals surface area contributed by atoms with Gasteiger partial charge in [-0.15, -0.1) is 0 Å². The van der Waals surface area contributed by atoms with Crippen molar-refractivity contribution in [3.63, 3.8) is 0 Å². The lowest BCUT2D eigenvalue weighted by atomic mass is 10.0. The van der Waals surface area contributed by atoms with Gasteiger partial charge in [-0.25, -0.2) is 9.59 Å². The average Bonchev–Trinajstić information content (AvgIpc) is 2.79. The van der Waals surface area contributed by atoms with E-state index in [2.05, 4.69) is 9.47 Å². The maximum Gasteiger partial charge on any atom is 0.345 e. The number of esters is 4. The molecule has 0 aromatic heterocycles. The number of rotatable bonds is 14. The standard InChI is InChI=1S/C17H28O16/c18-4-6(20)10(24)12(26)14(28)16(30)32-8(22)2-1-3-9(23)33-17(31)15(29)13(27)11(25)7(21)5-19/h6-7,10-15,18-21,24-29H,1-5H2/t6-,7-,10-,11-,12+,13+,14-,15-/m1/s1. The second-order valence-electron chi connectivity index (χ2n) is 6.79. The minimum atomic E-state index is -2.46. The van der Waals surface area contributed by atoms with E-state index in [1.807, 2.05) is 0 Å². The number of hydrogen-bond donors (Lipinski definition) is 10. The second-order valence-corrected chi connectivity index (χ2v) is 6.79. The smallest absolute Gasteiger partial charge is 0.345 e. The summed E-state index contributed by atoms with van der Waals surface area (Å²) in [6, 6.07) is 0. The van der Waals surface area contributed by atoms with Gasteiger partial charge < -0.3 is 60.5 Å². The van der Waals surface area contributed by atoms with Crippen molar-refractivity contribution in [3.05, 3.63) is 0 Å². The van der Waals surface area contributed by atoms with Gasteiger partial charge in [0.25, 0.3) is 0 Å². The molecule has 0 aliphatic heterocycles. The normalized spacial score (nSPS) is 18.7. The monoisotopic (exact) mass is 488 g/mol. The van der Waals surface area contributed by atoms with Gasteiger partial charge in [0.15, 0.2) is 12.2 Å². The Morgan fingerprint density at radius 2 is 0.848 bits per heavy atom. The topological polar surface area (TPSA) is 289 Å². The minimum absolute atomic E-state index is 0.368. The van der Waals surface area contributed by atoms with Crippen LogP contribution in [0.5, 0.6) is 0 Å². The van der Waals surface area contributed by atoms with E-state index < -0.39 is 98.8 Å². The number of carbonyl (C=O) groups is 4. The fourth-order valence-corrected chi connectivity index (χ4v) is 2.15. The number of hydrogen-bond acceptors (Lipinski definition) is 16. The third-order valence-corrected chi connectivity index (χ3v) is 4.18. The molecule has 16 heteroatoms. The van der Waals surface area contributed by atoms with Crippen LogP contribution in [-0.4, -0.2) is 137 Å². The zero-order valence-corrected chi connectivity index (χ0v) is 17.1. The molecule has 192 valence electrons. The summed E-state index contributed by atoms with van der Waals surface area (Å²) in [7, 11) is 0. The largest absolute Gasteiger partial charge is 0.394 e. The van der Waals surface area contributed by atoms with Crippen LogP contribution in [0, 0.1) is 0 Å². The van der Waals surface area contributed by atoms with E-state index in [0.29, 0.717) is 0 Å². The Kier molecular flexibility index (Phi) is 14.0. The van der Waals surface area contributed by atoms with Gasteiger partial charge in [-0.2, -0.15) is 0 Å². The summed E-state index contributed by atoms with van der Waals surface area (Å²) in [5, 5.41) is 92.4. The Morgan fingerprint density at radius 1 is 0.545 bits per heavy atom. The molecule has 0 fully saturated rings. The van der Waals surface area contributed by atoms with Crippen molar-refractivity contribution in [2.45, 2.75) is 68.1 Å². The van der Waals surface area contributed by atoms with Crippen LogP contribution >= 0.6 is 0 Å². The fraction of sp³-hybridized carbons (Fsp3) is 0.765. The van der Waals surface area contributed by atoms with Crippen LogP contribution in [0.4, 0.5) is 0 Å². The molecule has 0 radical (unpaired) electrons. The van der Waals surface area contributed by atoms with Gasteiger partial charge in [-0.3, -0.25) is 9.59 Å². The van der Waals surface area contributed by atoms with Gasteiger partial charge in [0.1, 0.15) is 36.6 Å². The average molecular weight is 488 g/mol. The molecule has 0 bridgehead atoms. The van der Waals surface area contributed by atoms with Gasteiger partial charge >= 0.3 is 23.9 Å². The lowest BCUT2D eigenvalue weighted by Crippen LogP contribution is -2.49. The maximum absolute atomic E-state index is 11.6. The molecule has 0 aromatic rings. The van der Waals surface area contributed by atoms with Crippen molar-refractivity contribution in [3.8, 4) is 0 Å². The number of carbonyl (C=O) groups excluding carboxylic acids is 4. The summed E-state index contributed by atoms with van der Waals surface area (Å²) < 4.78 is 8.36. The molecule has 8 atom stereocenters. The van der Waals surface area contributed by atoms with Crippen molar-refractivity contribution in [1.82, 2.24) is 0 Å². The van der Waals surface area contributed by atoms with Gasteiger partial charge in [0.2, 0.25) is 0 Å². The molecule has 0 unspecified atom stereocenters. The number of aliphatic hydroxyl groups excluding tert-OH is 10. The van der Waals surface area contributed by atoms with Crippen molar-refractivity contribution in [2.75, 3.05) is 13.2 Å². The predicted molar refractivity (Wildman–Crippen MR) is 98.3 cm³/mol. The minimum Gasteiger partial charge on any atom is -0.394 e. The predicted octanol–water partition coefficient (Wildman–Crippen LogP) is -6.83. The first-order chi connectivity index (χ1) is 15.3. The summed E-state index contributed by atoms with van der Waals surface area (Å²) >= 11 is 0. The van der Waals surface area contributed by atoms with Crippen LogP contribution in [0.15, 0.2) is 0 Å². The molecule has 0 aromatic carbocycles. The molecule has 16 nitrogen and oxygen atoms in total. The van der Waals surface area contributed by atoms with E-state index in [-0.39, 0.29) is 6.42 Å². The molecule has 0 aliphatic carbocycles. The van der Waals surface area contributed by atoms with E-state index in [4.69, 9.17) is 20.4 Å². The molecule has 0 heterocycles. The van der Waals surface area contributed by atoms with Crippen molar-refractivity contribution in [1.29, 1.82) is 0 Å². The summed E-state index contributed by atoms with van der Waals surface area (Å²) in [4.78, 5) is 46.2. The van der Waals surface area contributed by atoms with Gasteiger partial charge in [-0.05, 0) is 6.42 Å². The SMILES string of the molecule is O=C(CCCC(=O)OC(=O)[C@H](O)[C@@H](O)[C@H](O)[C@H](O)CO)OC(=O)[C@H](O)[C@@H](O)[C@H](O)[C@H](O)CO. The quantitative estimate of drug-likeness (QED) is 0.0802. The molecule has 10 N–H and O–H groups in total. The fourth-order valence-electron chi connectivity index (χ4n) is 2.15. The van der Waals surface area contributed by atoms with E-state index in [1.165, 1.54) is 0 Å². The summed E-state index contributed by atoms with van der Waals surface area (Å²) in [6.07, 6.45) is -19.2. The number of ether oxygens (including phenoxy) is 2. The van der Waals surface area contributed by atoms with E-state index in [0.717, 1.165) is 0 Å². The molecule has 0 aliphatic rings. The lowest BCUT2D eigenvalue weighted by molar-refractivity contribution is -0.177. The molecule has 0 spiro atoms. The highest BCUT2D eigenvalue weighted by atomic mass is 16.6. The number of aliphatic hydroxyl groups is 10. The zero-order valence-electron chi connectivity index (χ0n) is 17.1. The summed E-state index contributed by atoms with van der Waals surface area (Å²) in [5.41, 5.74) is 0. The van der Waals surface area contributed by atoms with Crippen LogP contribution in [-0.2, 0) is 28.7 Å². The van der Waals surface area contributed by atoms with Crippen LogP contribution in [0.1, 0.15) is 19.3 Å². The van der Waals surface area contributed by atoms with Crippen molar-refractivity contribution < 1.29 is 79.7 Å². The molecule has 33 heavy (non-hydrogen) atoms. The lowest BCUT2D eigenvalue weighted by Gasteiger charge is -2.24. The van der Waals surface area contributed by atoms with Gasteiger partial charge in [0, 0.05) is 12.8 Å². The maximum atomic E-state index is 11.6. The summed E-state index contributed by atoms with van der Waals surface area (Å²) in [6.45, 7) is -2.00. The van der Waals surface area contributed by atoms with Crippen molar-refractivity contribution >= 4 is 23.9 Å².